The summed E-state index contributed by atoms with van der Waals surface area (Å²) < 4.78 is 12.5. The van der Waals surface area contributed by atoms with Gasteiger partial charge in [-0.3, -0.25) is 4.79 Å². The Morgan fingerprint density at radius 2 is 1.83 bits per heavy atom. The molecule has 0 unspecified atom stereocenters. The van der Waals surface area contributed by atoms with E-state index in [-0.39, 0.29) is 5.91 Å². The topological polar surface area (TPSA) is 52.5 Å². The third kappa shape index (κ3) is 3.35. The lowest BCUT2D eigenvalue weighted by atomic mass is 10.2. The van der Waals surface area contributed by atoms with Crippen molar-refractivity contribution in [3.63, 3.8) is 0 Å². The third-order valence-electron chi connectivity index (χ3n) is 3.95. The van der Waals surface area contributed by atoms with Crippen LogP contribution in [0.25, 0.3) is 10.9 Å². The molecule has 0 aliphatic rings. The number of benzene rings is 2. The van der Waals surface area contributed by atoms with Crippen LogP contribution in [0.2, 0.25) is 0 Å². The Balaban J connectivity index is 1.63. The van der Waals surface area contributed by atoms with Gasteiger partial charge in [0, 0.05) is 35.8 Å². The average molecular weight is 324 g/mol. The highest BCUT2D eigenvalue weighted by molar-refractivity contribution is 5.94. The number of aromatic nitrogens is 1. The van der Waals surface area contributed by atoms with Crippen LogP contribution in [0.4, 0.5) is 0 Å². The number of rotatable bonds is 6. The van der Waals surface area contributed by atoms with Crippen LogP contribution in [0.5, 0.6) is 11.5 Å². The van der Waals surface area contributed by atoms with Crippen LogP contribution in [0.15, 0.2) is 54.7 Å². The van der Waals surface area contributed by atoms with Crippen molar-refractivity contribution in [3.05, 3.63) is 60.3 Å². The Bertz CT molecular complexity index is 855. The molecule has 124 valence electrons. The molecule has 5 heteroatoms. The summed E-state index contributed by atoms with van der Waals surface area (Å²) in [7, 11) is 3.25. The summed E-state index contributed by atoms with van der Waals surface area (Å²) in [5.41, 5.74) is 1.71. The molecule has 3 aromatic rings. The van der Waals surface area contributed by atoms with Crippen LogP contribution in [0, 0.1) is 0 Å². The van der Waals surface area contributed by atoms with E-state index in [4.69, 9.17) is 9.47 Å². The highest BCUT2D eigenvalue weighted by atomic mass is 16.5. The maximum atomic E-state index is 12.2. The summed E-state index contributed by atoms with van der Waals surface area (Å²) in [6.07, 6.45) is 2.02. The summed E-state index contributed by atoms with van der Waals surface area (Å²) in [4.78, 5) is 12.2. The lowest BCUT2D eigenvalue weighted by Gasteiger charge is -2.09. The van der Waals surface area contributed by atoms with Crippen LogP contribution < -0.4 is 14.8 Å². The zero-order chi connectivity index (χ0) is 16.9. The molecule has 0 bridgehead atoms. The highest BCUT2D eigenvalue weighted by Crippen LogP contribution is 2.21. The minimum atomic E-state index is -0.105. The molecule has 1 heterocycles. The summed E-state index contributed by atoms with van der Waals surface area (Å²) in [6.45, 7) is 1.25. The van der Waals surface area contributed by atoms with Gasteiger partial charge >= 0.3 is 0 Å². The summed E-state index contributed by atoms with van der Waals surface area (Å²) in [5, 5.41) is 4.05. The van der Waals surface area contributed by atoms with E-state index >= 15 is 0 Å². The second-order valence-electron chi connectivity index (χ2n) is 5.42. The SMILES string of the molecule is COc1cccc(C(=O)NCCn2ccc3cc(OC)ccc32)c1. The first-order chi connectivity index (χ1) is 11.7. The molecular formula is C19H20N2O3. The zero-order valence-electron chi connectivity index (χ0n) is 13.8. The van der Waals surface area contributed by atoms with E-state index in [9.17, 15) is 4.79 Å². The lowest BCUT2D eigenvalue weighted by Crippen LogP contribution is -2.27. The van der Waals surface area contributed by atoms with Gasteiger partial charge < -0.3 is 19.4 Å². The first kappa shape index (κ1) is 15.9. The minimum absolute atomic E-state index is 0.105. The third-order valence-corrected chi connectivity index (χ3v) is 3.95. The molecule has 24 heavy (non-hydrogen) atoms. The minimum Gasteiger partial charge on any atom is -0.497 e. The summed E-state index contributed by atoms with van der Waals surface area (Å²) in [6, 6.07) is 15.1. The van der Waals surface area contributed by atoms with Gasteiger partial charge in [0.25, 0.3) is 5.91 Å². The van der Waals surface area contributed by atoms with E-state index in [2.05, 4.69) is 9.88 Å². The Labute approximate surface area is 140 Å². The van der Waals surface area contributed by atoms with Crippen LogP contribution in [-0.4, -0.2) is 31.2 Å². The molecule has 1 N–H and O–H groups in total. The van der Waals surface area contributed by atoms with E-state index in [0.29, 0.717) is 24.4 Å². The smallest absolute Gasteiger partial charge is 0.251 e. The van der Waals surface area contributed by atoms with Gasteiger partial charge in [0.2, 0.25) is 0 Å². The molecule has 1 amide bonds. The zero-order valence-corrected chi connectivity index (χ0v) is 13.8. The fraction of sp³-hybridized carbons (Fsp3) is 0.211. The molecule has 0 saturated heterocycles. The molecule has 3 rings (SSSR count). The van der Waals surface area contributed by atoms with Crippen molar-refractivity contribution >= 4 is 16.8 Å². The standard InChI is InChI=1S/C19H20N2O3/c1-23-16-5-3-4-15(13-16)19(22)20-9-11-21-10-8-14-12-17(24-2)6-7-18(14)21/h3-8,10,12-13H,9,11H2,1-2H3,(H,20,22). The number of ether oxygens (including phenoxy) is 2. The molecular weight excluding hydrogens is 304 g/mol. The van der Waals surface area contributed by atoms with Gasteiger partial charge in [0.15, 0.2) is 0 Å². The van der Waals surface area contributed by atoms with Gasteiger partial charge in [0.05, 0.1) is 14.2 Å². The van der Waals surface area contributed by atoms with E-state index in [1.54, 1.807) is 32.4 Å². The molecule has 1 aromatic heterocycles. The van der Waals surface area contributed by atoms with Gasteiger partial charge in [-0.15, -0.1) is 0 Å². The van der Waals surface area contributed by atoms with Crippen LogP contribution in [-0.2, 0) is 6.54 Å². The van der Waals surface area contributed by atoms with Crippen LogP contribution in [0.1, 0.15) is 10.4 Å². The molecule has 0 aliphatic carbocycles. The number of nitrogens with one attached hydrogen (secondary N) is 1. The first-order valence-corrected chi connectivity index (χ1v) is 7.76. The normalized spacial score (nSPS) is 10.6. The lowest BCUT2D eigenvalue weighted by molar-refractivity contribution is 0.0952. The van der Waals surface area contributed by atoms with E-state index in [1.165, 1.54) is 0 Å². The van der Waals surface area contributed by atoms with Crippen molar-refractivity contribution in [3.8, 4) is 11.5 Å². The second kappa shape index (κ2) is 7.08. The first-order valence-electron chi connectivity index (χ1n) is 7.76. The average Bonchev–Trinajstić information content (AvgIpc) is 3.03. The quantitative estimate of drug-likeness (QED) is 0.758. The Hall–Kier alpha value is -2.95. The fourth-order valence-electron chi connectivity index (χ4n) is 2.66. The number of hydrogen-bond acceptors (Lipinski definition) is 3. The van der Waals surface area contributed by atoms with E-state index in [0.717, 1.165) is 16.7 Å². The fourth-order valence-corrected chi connectivity index (χ4v) is 2.66. The number of carbonyl (C=O) groups is 1. The van der Waals surface area contributed by atoms with Gasteiger partial charge in [-0.2, -0.15) is 0 Å². The monoisotopic (exact) mass is 324 g/mol. The van der Waals surface area contributed by atoms with Gasteiger partial charge in [-0.25, -0.2) is 0 Å². The Morgan fingerprint density at radius 1 is 1.04 bits per heavy atom. The van der Waals surface area contributed by atoms with Crippen molar-refractivity contribution in [2.75, 3.05) is 20.8 Å². The summed E-state index contributed by atoms with van der Waals surface area (Å²) >= 11 is 0. The molecule has 0 aliphatic heterocycles. The molecule has 5 nitrogen and oxygen atoms in total. The van der Waals surface area contributed by atoms with Crippen LogP contribution >= 0.6 is 0 Å². The van der Waals surface area contributed by atoms with Gasteiger partial charge in [-0.05, 0) is 42.5 Å². The maximum absolute atomic E-state index is 12.2. The number of carbonyl (C=O) groups excluding carboxylic acids is 1. The molecule has 0 atom stereocenters. The van der Waals surface area contributed by atoms with Crippen molar-refractivity contribution in [1.82, 2.24) is 9.88 Å². The molecule has 0 spiro atoms. The summed E-state index contributed by atoms with van der Waals surface area (Å²) in [5.74, 6) is 1.41. The second-order valence-corrected chi connectivity index (χ2v) is 5.42. The largest absolute Gasteiger partial charge is 0.497 e. The molecule has 0 saturated carbocycles. The maximum Gasteiger partial charge on any atom is 0.251 e. The predicted octanol–water partition coefficient (Wildman–Crippen LogP) is 3.09. The molecule has 0 fully saturated rings. The van der Waals surface area contributed by atoms with Crippen molar-refractivity contribution in [2.45, 2.75) is 6.54 Å². The van der Waals surface area contributed by atoms with Crippen molar-refractivity contribution < 1.29 is 14.3 Å². The molecule has 2 aromatic carbocycles. The van der Waals surface area contributed by atoms with Gasteiger partial charge in [-0.1, -0.05) is 6.07 Å². The van der Waals surface area contributed by atoms with Crippen molar-refractivity contribution in [2.24, 2.45) is 0 Å². The van der Waals surface area contributed by atoms with E-state index < -0.39 is 0 Å². The Kier molecular flexibility index (Phi) is 4.70. The van der Waals surface area contributed by atoms with Crippen LogP contribution in [0.3, 0.4) is 0 Å². The predicted molar refractivity (Wildman–Crippen MR) is 93.8 cm³/mol. The number of methoxy groups -OCH3 is 2. The number of amides is 1. The number of fused-ring (bicyclic) bond motifs is 1. The Morgan fingerprint density at radius 3 is 2.62 bits per heavy atom. The number of hydrogen-bond donors (Lipinski definition) is 1. The van der Waals surface area contributed by atoms with E-state index in [1.807, 2.05) is 36.5 Å². The highest BCUT2D eigenvalue weighted by Gasteiger charge is 2.07. The van der Waals surface area contributed by atoms with Crippen molar-refractivity contribution in [1.29, 1.82) is 0 Å². The number of nitrogens with zero attached hydrogens (tertiary/aromatic N) is 1. The molecule has 0 radical (unpaired) electrons. The van der Waals surface area contributed by atoms with Gasteiger partial charge in [0.1, 0.15) is 11.5 Å².